The van der Waals surface area contributed by atoms with Crippen LogP contribution in [0, 0.1) is 0 Å². The topological polar surface area (TPSA) is 83.0 Å². The Balaban J connectivity index is 1.54. The van der Waals surface area contributed by atoms with E-state index in [9.17, 15) is 4.79 Å². The lowest BCUT2D eigenvalue weighted by Gasteiger charge is -2.17. The van der Waals surface area contributed by atoms with Crippen LogP contribution in [0.4, 0.5) is 23.3 Å². The zero-order valence-corrected chi connectivity index (χ0v) is 18.5. The first-order valence-electron chi connectivity index (χ1n) is 10.1. The number of nitrogens with one attached hydrogen (secondary N) is 2. The molecule has 0 radical (unpaired) electrons. The van der Waals surface area contributed by atoms with Crippen LogP contribution in [0.3, 0.4) is 0 Å². The first-order valence-corrected chi connectivity index (χ1v) is 10.9. The molecule has 2 aromatic heterocycles. The van der Waals surface area contributed by atoms with Gasteiger partial charge in [-0.2, -0.15) is 4.98 Å². The Morgan fingerprint density at radius 3 is 2.52 bits per heavy atom. The van der Waals surface area contributed by atoms with Crippen molar-refractivity contribution in [3.8, 4) is 0 Å². The largest absolute Gasteiger partial charge is 0.341 e. The lowest BCUT2D eigenvalue weighted by molar-refractivity contribution is 0.102. The second-order valence-corrected chi connectivity index (χ2v) is 8.01. The number of amides is 1. The summed E-state index contributed by atoms with van der Waals surface area (Å²) < 4.78 is 0. The standard InChI is InChI=1S/C22H22Cl2N6O/c1-2-14-12-19(29-22(27-14)30-10-3-4-11-30)28-18-13-15(8-9-25-18)26-21(31)20-16(23)6-5-7-17(20)24/h5-9,12-13H,2-4,10-11H2,1H3,(H2,25,26,27,28,29,31). The summed E-state index contributed by atoms with van der Waals surface area (Å²) in [5, 5.41) is 6.63. The Morgan fingerprint density at radius 1 is 1.06 bits per heavy atom. The summed E-state index contributed by atoms with van der Waals surface area (Å²) in [5.74, 6) is 1.56. The minimum absolute atomic E-state index is 0.232. The Hall–Kier alpha value is -2.90. The van der Waals surface area contributed by atoms with Gasteiger partial charge >= 0.3 is 0 Å². The predicted octanol–water partition coefficient (Wildman–Crippen LogP) is 5.34. The summed E-state index contributed by atoms with van der Waals surface area (Å²) in [4.78, 5) is 28.5. The summed E-state index contributed by atoms with van der Waals surface area (Å²) in [6.07, 6.45) is 4.72. The van der Waals surface area contributed by atoms with Crippen molar-refractivity contribution >= 4 is 52.4 Å². The van der Waals surface area contributed by atoms with Crippen LogP contribution in [0.25, 0.3) is 0 Å². The summed E-state index contributed by atoms with van der Waals surface area (Å²) in [7, 11) is 0. The van der Waals surface area contributed by atoms with E-state index in [-0.39, 0.29) is 11.5 Å². The fourth-order valence-electron chi connectivity index (χ4n) is 3.40. The number of hydrogen-bond acceptors (Lipinski definition) is 6. The van der Waals surface area contributed by atoms with Crippen molar-refractivity contribution in [3.63, 3.8) is 0 Å². The Morgan fingerprint density at radius 2 is 1.81 bits per heavy atom. The predicted molar refractivity (Wildman–Crippen MR) is 125 cm³/mol. The van der Waals surface area contributed by atoms with Crippen molar-refractivity contribution in [1.82, 2.24) is 15.0 Å². The van der Waals surface area contributed by atoms with Gasteiger partial charge in [0, 0.05) is 42.8 Å². The van der Waals surface area contributed by atoms with E-state index >= 15 is 0 Å². The quantitative estimate of drug-likeness (QED) is 0.520. The van der Waals surface area contributed by atoms with Gasteiger partial charge in [0.15, 0.2) is 0 Å². The van der Waals surface area contributed by atoms with Gasteiger partial charge in [0.2, 0.25) is 5.95 Å². The number of carbonyl (C=O) groups is 1. The first kappa shape index (κ1) is 21.3. The van der Waals surface area contributed by atoms with Gasteiger partial charge in [-0.3, -0.25) is 4.79 Å². The molecule has 3 aromatic rings. The molecule has 31 heavy (non-hydrogen) atoms. The monoisotopic (exact) mass is 456 g/mol. The minimum atomic E-state index is -0.389. The fraction of sp³-hybridized carbons (Fsp3) is 0.273. The Labute approximate surface area is 190 Å². The van der Waals surface area contributed by atoms with Gasteiger partial charge in [-0.05, 0) is 37.5 Å². The highest BCUT2D eigenvalue weighted by Crippen LogP contribution is 2.26. The molecule has 2 N–H and O–H groups in total. The van der Waals surface area contributed by atoms with E-state index in [0.29, 0.717) is 27.4 Å². The van der Waals surface area contributed by atoms with Gasteiger partial charge in [-0.15, -0.1) is 0 Å². The summed E-state index contributed by atoms with van der Waals surface area (Å²) in [6.45, 7) is 4.00. The molecule has 0 atom stereocenters. The van der Waals surface area contributed by atoms with E-state index in [2.05, 4.69) is 37.4 Å². The van der Waals surface area contributed by atoms with Gasteiger partial charge in [-0.25, -0.2) is 9.97 Å². The number of nitrogens with zero attached hydrogens (tertiary/aromatic N) is 4. The number of halogens is 2. The maximum atomic E-state index is 12.7. The molecule has 0 spiro atoms. The van der Waals surface area contributed by atoms with Crippen molar-refractivity contribution in [3.05, 3.63) is 63.9 Å². The van der Waals surface area contributed by atoms with Gasteiger partial charge in [0.1, 0.15) is 11.6 Å². The summed E-state index contributed by atoms with van der Waals surface area (Å²) in [5.41, 5.74) is 1.75. The normalized spacial score (nSPS) is 13.3. The van der Waals surface area contributed by atoms with Crippen LogP contribution in [0.15, 0.2) is 42.6 Å². The van der Waals surface area contributed by atoms with E-state index in [0.717, 1.165) is 44.0 Å². The van der Waals surface area contributed by atoms with Gasteiger partial charge in [-0.1, -0.05) is 36.2 Å². The molecule has 1 amide bonds. The van der Waals surface area contributed by atoms with Crippen molar-refractivity contribution < 1.29 is 4.79 Å². The second-order valence-electron chi connectivity index (χ2n) is 7.20. The molecular weight excluding hydrogens is 435 g/mol. The molecule has 4 rings (SSSR count). The Bertz CT molecular complexity index is 1080. The number of benzene rings is 1. The van der Waals surface area contributed by atoms with Gasteiger partial charge < -0.3 is 15.5 Å². The minimum Gasteiger partial charge on any atom is -0.341 e. The highest BCUT2D eigenvalue weighted by molar-refractivity contribution is 6.40. The number of hydrogen-bond donors (Lipinski definition) is 2. The maximum absolute atomic E-state index is 12.7. The molecule has 1 aliphatic heterocycles. The first-order chi connectivity index (χ1) is 15.0. The van der Waals surface area contributed by atoms with E-state index in [1.807, 2.05) is 6.07 Å². The summed E-state index contributed by atoms with van der Waals surface area (Å²) in [6, 6.07) is 10.3. The average molecular weight is 457 g/mol. The molecule has 1 aliphatic rings. The van der Waals surface area contributed by atoms with Crippen molar-refractivity contribution in [2.75, 3.05) is 28.6 Å². The molecule has 0 aliphatic carbocycles. The third-order valence-corrected chi connectivity index (χ3v) is 5.61. The fourth-order valence-corrected chi connectivity index (χ4v) is 3.97. The SMILES string of the molecule is CCc1cc(Nc2cc(NC(=O)c3c(Cl)cccc3Cl)ccn2)nc(N2CCCC2)n1. The van der Waals surface area contributed by atoms with Crippen LogP contribution < -0.4 is 15.5 Å². The van der Waals surface area contributed by atoms with Crippen molar-refractivity contribution in [2.45, 2.75) is 26.2 Å². The Kier molecular flexibility index (Phi) is 6.53. The zero-order valence-electron chi connectivity index (χ0n) is 17.0. The van der Waals surface area contributed by atoms with E-state index in [4.69, 9.17) is 23.2 Å². The number of anilines is 4. The molecule has 0 bridgehead atoms. The molecule has 1 aromatic carbocycles. The number of carbonyl (C=O) groups excluding carboxylic acids is 1. The molecule has 1 fully saturated rings. The number of aryl methyl sites for hydroxylation is 1. The maximum Gasteiger partial charge on any atom is 0.258 e. The molecule has 0 unspecified atom stereocenters. The van der Waals surface area contributed by atoms with E-state index in [1.165, 1.54) is 0 Å². The van der Waals surface area contributed by atoms with E-state index in [1.54, 1.807) is 36.5 Å². The third-order valence-electron chi connectivity index (χ3n) is 4.98. The molecule has 3 heterocycles. The zero-order chi connectivity index (χ0) is 21.8. The lowest BCUT2D eigenvalue weighted by atomic mass is 10.2. The second kappa shape index (κ2) is 9.49. The summed E-state index contributed by atoms with van der Waals surface area (Å²) >= 11 is 12.3. The highest BCUT2D eigenvalue weighted by Gasteiger charge is 2.17. The van der Waals surface area contributed by atoms with Crippen LogP contribution in [0.1, 0.15) is 35.8 Å². The van der Waals surface area contributed by atoms with Crippen molar-refractivity contribution in [1.29, 1.82) is 0 Å². The van der Waals surface area contributed by atoms with Crippen LogP contribution in [-0.2, 0) is 6.42 Å². The van der Waals surface area contributed by atoms with Crippen molar-refractivity contribution in [2.24, 2.45) is 0 Å². The molecule has 7 nitrogen and oxygen atoms in total. The number of rotatable bonds is 6. The van der Waals surface area contributed by atoms with Crippen LogP contribution >= 0.6 is 23.2 Å². The molecule has 9 heteroatoms. The number of aromatic nitrogens is 3. The molecule has 0 saturated carbocycles. The molecular formula is C22H22Cl2N6O. The third kappa shape index (κ3) is 5.06. The van der Waals surface area contributed by atoms with E-state index < -0.39 is 0 Å². The van der Waals surface area contributed by atoms with Gasteiger partial charge in [0.25, 0.3) is 5.91 Å². The lowest BCUT2D eigenvalue weighted by Crippen LogP contribution is -2.21. The number of pyridine rings is 1. The van der Waals surface area contributed by atoms with Crippen LogP contribution in [0.2, 0.25) is 10.0 Å². The molecule has 1 saturated heterocycles. The smallest absolute Gasteiger partial charge is 0.258 e. The highest BCUT2D eigenvalue weighted by atomic mass is 35.5. The van der Waals surface area contributed by atoms with Crippen LogP contribution in [0.5, 0.6) is 0 Å². The molecule has 160 valence electrons. The average Bonchev–Trinajstić information content (AvgIpc) is 3.28. The van der Waals surface area contributed by atoms with Crippen LogP contribution in [-0.4, -0.2) is 33.9 Å². The van der Waals surface area contributed by atoms with Gasteiger partial charge in [0.05, 0.1) is 15.6 Å².